The third-order valence-corrected chi connectivity index (χ3v) is 1.91. The number of nitrogens with zero attached hydrogens (tertiary/aromatic N) is 1. The molecule has 0 aliphatic heterocycles. The number of rotatable bonds is 0. The van der Waals surface area contributed by atoms with Crippen molar-refractivity contribution >= 4 is 22.5 Å². The maximum absolute atomic E-state index is 10.9. The highest BCUT2D eigenvalue weighted by Gasteiger charge is 1.98. The van der Waals surface area contributed by atoms with Crippen LogP contribution in [-0.4, -0.2) is 9.97 Å². The Hall–Kier alpha value is -1.35. The number of nitrogens with one attached hydrogen (secondary N) is 1. The van der Waals surface area contributed by atoms with Crippen molar-refractivity contribution in [2.45, 2.75) is 0 Å². The average molecular weight is 181 g/mol. The lowest BCUT2D eigenvalue weighted by Gasteiger charge is -1.96. The molecule has 0 saturated carbocycles. The summed E-state index contributed by atoms with van der Waals surface area (Å²) in [6, 6.07) is 3.11. The molecule has 2 aromatic rings. The molecule has 12 heavy (non-hydrogen) atoms. The molecule has 0 saturated heterocycles. The van der Waals surface area contributed by atoms with Crippen LogP contribution in [0.1, 0.15) is 0 Å². The van der Waals surface area contributed by atoms with Gasteiger partial charge in [0.2, 0.25) is 5.56 Å². The van der Waals surface area contributed by atoms with Gasteiger partial charge in [-0.1, -0.05) is 11.6 Å². The van der Waals surface area contributed by atoms with E-state index in [1.54, 1.807) is 18.5 Å². The summed E-state index contributed by atoms with van der Waals surface area (Å²) in [5.41, 5.74) is 0.454. The van der Waals surface area contributed by atoms with Gasteiger partial charge in [0.1, 0.15) is 0 Å². The minimum absolute atomic E-state index is 0.208. The molecule has 2 heterocycles. The van der Waals surface area contributed by atoms with Crippen LogP contribution in [0.25, 0.3) is 10.9 Å². The molecule has 0 amide bonds. The van der Waals surface area contributed by atoms with Crippen LogP contribution in [0, 0.1) is 0 Å². The monoisotopic (exact) mass is 180 g/mol. The van der Waals surface area contributed by atoms with Gasteiger partial charge in [-0.3, -0.25) is 9.78 Å². The topological polar surface area (TPSA) is 45.8 Å². The Labute approximate surface area is 73.0 Å². The molecule has 0 fully saturated rings. The second-order valence-electron chi connectivity index (χ2n) is 2.40. The Morgan fingerprint density at radius 3 is 3.17 bits per heavy atom. The molecule has 1 N–H and O–H groups in total. The average Bonchev–Trinajstić information content (AvgIpc) is 2.04. The first kappa shape index (κ1) is 7.31. The van der Waals surface area contributed by atoms with Gasteiger partial charge in [0.05, 0.1) is 16.7 Å². The van der Waals surface area contributed by atoms with Crippen LogP contribution >= 0.6 is 11.6 Å². The van der Waals surface area contributed by atoms with Gasteiger partial charge in [0, 0.05) is 17.6 Å². The molecule has 0 unspecified atom stereocenters. The van der Waals surface area contributed by atoms with Crippen molar-refractivity contribution in [3.05, 3.63) is 39.9 Å². The van der Waals surface area contributed by atoms with Crippen molar-refractivity contribution < 1.29 is 0 Å². The molecule has 0 aliphatic rings. The molecule has 0 aliphatic carbocycles. The fraction of sp³-hybridized carbons (Fsp3) is 0. The zero-order valence-electron chi connectivity index (χ0n) is 6.04. The molecule has 3 nitrogen and oxygen atoms in total. The van der Waals surface area contributed by atoms with E-state index in [-0.39, 0.29) is 5.56 Å². The Kier molecular flexibility index (Phi) is 1.59. The first-order valence-corrected chi connectivity index (χ1v) is 3.78. The predicted octanol–water partition coefficient (Wildman–Crippen LogP) is 1.58. The maximum atomic E-state index is 10.9. The number of aromatic nitrogens is 2. The van der Waals surface area contributed by atoms with Crippen molar-refractivity contribution in [1.29, 1.82) is 0 Å². The van der Waals surface area contributed by atoms with E-state index in [1.807, 2.05) is 0 Å². The van der Waals surface area contributed by atoms with Gasteiger partial charge in [-0.2, -0.15) is 0 Å². The van der Waals surface area contributed by atoms with Crippen LogP contribution in [0.15, 0.2) is 29.3 Å². The second kappa shape index (κ2) is 2.60. The summed E-state index contributed by atoms with van der Waals surface area (Å²) in [7, 11) is 0. The summed E-state index contributed by atoms with van der Waals surface area (Å²) in [4.78, 5) is 17.4. The van der Waals surface area contributed by atoms with Gasteiger partial charge in [0.25, 0.3) is 0 Å². The van der Waals surface area contributed by atoms with Crippen molar-refractivity contribution in [3.63, 3.8) is 0 Å². The van der Waals surface area contributed by atoms with E-state index in [1.165, 1.54) is 6.07 Å². The number of fused-ring (bicyclic) bond motifs is 1. The van der Waals surface area contributed by atoms with Gasteiger partial charge in [-0.25, -0.2) is 0 Å². The van der Waals surface area contributed by atoms with Crippen LogP contribution in [0.3, 0.4) is 0 Å². The zero-order valence-corrected chi connectivity index (χ0v) is 6.80. The van der Waals surface area contributed by atoms with Crippen molar-refractivity contribution in [1.82, 2.24) is 9.97 Å². The quantitative estimate of drug-likeness (QED) is 0.669. The highest BCUT2D eigenvalue weighted by Crippen LogP contribution is 2.17. The summed E-state index contributed by atoms with van der Waals surface area (Å²) in [6.45, 7) is 0. The standard InChI is InChI=1S/C8H5ClN2O/c9-6-3-8(12)11-7-4-10-2-1-5(6)7/h1-4H,(H,11,12). The maximum Gasteiger partial charge on any atom is 0.249 e. The summed E-state index contributed by atoms with van der Waals surface area (Å²) in [6.07, 6.45) is 3.20. The van der Waals surface area contributed by atoms with Crippen molar-refractivity contribution in [3.8, 4) is 0 Å². The number of H-pyrrole nitrogens is 1. The molecular weight excluding hydrogens is 176 g/mol. The molecule has 4 heteroatoms. The minimum Gasteiger partial charge on any atom is -0.321 e. The number of hydrogen-bond acceptors (Lipinski definition) is 2. The fourth-order valence-corrected chi connectivity index (χ4v) is 1.33. The molecule has 2 aromatic heterocycles. The molecule has 2 rings (SSSR count). The third-order valence-electron chi connectivity index (χ3n) is 1.59. The van der Waals surface area contributed by atoms with E-state index in [0.717, 1.165) is 5.39 Å². The minimum atomic E-state index is -0.208. The Morgan fingerprint density at radius 2 is 2.33 bits per heavy atom. The number of pyridine rings is 2. The molecule has 0 bridgehead atoms. The Morgan fingerprint density at radius 1 is 1.50 bits per heavy atom. The van der Waals surface area contributed by atoms with Crippen LogP contribution in [0.4, 0.5) is 0 Å². The first-order valence-electron chi connectivity index (χ1n) is 3.40. The van der Waals surface area contributed by atoms with Crippen LogP contribution in [0.2, 0.25) is 5.02 Å². The van der Waals surface area contributed by atoms with Gasteiger partial charge in [-0.05, 0) is 6.07 Å². The third kappa shape index (κ3) is 1.08. The molecule has 0 radical (unpaired) electrons. The predicted molar refractivity (Wildman–Crippen MR) is 47.4 cm³/mol. The van der Waals surface area contributed by atoms with Gasteiger partial charge in [-0.15, -0.1) is 0 Å². The largest absolute Gasteiger partial charge is 0.321 e. The summed E-state index contributed by atoms with van der Waals surface area (Å²) in [5.74, 6) is 0. The summed E-state index contributed by atoms with van der Waals surface area (Å²) < 4.78 is 0. The molecule has 0 spiro atoms. The Balaban J connectivity index is 2.99. The lowest BCUT2D eigenvalue weighted by molar-refractivity contribution is 1.26. The second-order valence-corrected chi connectivity index (χ2v) is 2.81. The van der Waals surface area contributed by atoms with Crippen molar-refractivity contribution in [2.24, 2.45) is 0 Å². The summed E-state index contributed by atoms with van der Waals surface area (Å²) >= 11 is 5.81. The Bertz CT molecular complexity index is 478. The molecule has 0 aromatic carbocycles. The van der Waals surface area contributed by atoms with Crippen molar-refractivity contribution in [2.75, 3.05) is 0 Å². The van der Waals surface area contributed by atoms with Crippen LogP contribution < -0.4 is 5.56 Å². The van der Waals surface area contributed by atoms with E-state index < -0.39 is 0 Å². The molecule has 0 atom stereocenters. The fourth-order valence-electron chi connectivity index (χ4n) is 1.06. The lowest BCUT2D eigenvalue weighted by Crippen LogP contribution is -2.03. The highest BCUT2D eigenvalue weighted by molar-refractivity contribution is 6.35. The number of aromatic amines is 1. The lowest BCUT2D eigenvalue weighted by atomic mass is 10.3. The first-order chi connectivity index (χ1) is 5.77. The number of halogens is 1. The highest BCUT2D eigenvalue weighted by atomic mass is 35.5. The SMILES string of the molecule is O=c1cc(Cl)c2ccncc2[nH]1. The van der Waals surface area contributed by atoms with E-state index in [9.17, 15) is 4.79 Å². The van der Waals surface area contributed by atoms with Gasteiger partial charge < -0.3 is 4.98 Å². The van der Waals surface area contributed by atoms with E-state index in [0.29, 0.717) is 10.5 Å². The van der Waals surface area contributed by atoms with Gasteiger partial charge >= 0.3 is 0 Å². The van der Waals surface area contributed by atoms with Crippen LogP contribution in [-0.2, 0) is 0 Å². The molecular formula is C8H5ClN2O. The normalized spacial score (nSPS) is 10.4. The summed E-state index contributed by atoms with van der Waals surface area (Å²) in [5, 5.41) is 1.27. The van der Waals surface area contributed by atoms with Gasteiger partial charge in [0.15, 0.2) is 0 Å². The number of hydrogen-bond donors (Lipinski definition) is 1. The van der Waals surface area contributed by atoms with E-state index >= 15 is 0 Å². The van der Waals surface area contributed by atoms with Crippen LogP contribution in [0.5, 0.6) is 0 Å². The molecule has 60 valence electrons. The van der Waals surface area contributed by atoms with E-state index in [4.69, 9.17) is 11.6 Å². The zero-order chi connectivity index (χ0) is 8.55. The smallest absolute Gasteiger partial charge is 0.249 e. The van der Waals surface area contributed by atoms with E-state index in [2.05, 4.69) is 9.97 Å².